The Balaban J connectivity index is 1.96. The second kappa shape index (κ2) is 8.30. The number of hydroxylamine groups is 1. The van der Waals surface area contributed by atoms with Crippen LogP contribution in [-0.2, 0) is 21.9 Å². The molecule has 1 aromatic heterocycles. The van der Waals surface area contributed by atoms with Gasteiger partial charge in [-0.2, -0.15) is 5.10 Å². The summed E-state index contributed by atoms with van der Waals surface area (Å²) in [5.74, 6) is -0.726. The minimum Gasteiger partial charge on any atom is -0.504 e. The third kappa shape index (κ3) is 4.02. The summed E-state index contributed by atoms with van der Waals surface area (Å²) in [7, 11) is -0.282. The quantitative estimate of drug-likeness (QED) is 0.254. The van der Waals surface area contributed by atoms with Crippen LogP contribution in [0.15, 0.2) is 39.0 Å². The summed E-state index contributed by atoms with van der Waals surface area (Å²) in [5, 5.41) is 19.9. The summed E-state index contributed by atoms with van der Waals surface area (Å²) in [6.07, 6.45) is 3.37. The normalized spacial score (nSPS) is 13.0. The van der Waals surface area contributed by atoms with Gasteiger partial charge < -0.3 is 15.7 Å². The Morgan fingerprint density at radius 3 is 2.48 bits per heavy atom. The van der Waals surface area contributed by atoms with Crippen molar-refractivity contribution >= 4 is 38.7 Å². The molecule has 0 unspecified atom stereocenters. The molecule has 0 aliphatic heterocycles. The fourth-order valence-electron chi connectivity index (χ4n) is 2.87. The van der Waals surface area contributed by atoms with E-state index in [0.717, 1.165) is 19.7 Å². The van der Waals surface area contributed by atoms with Crippen LogP contribution in [0.2, 0.25) is 5.02 Å². The van der Waals surface area contributed by atoms with Gasteiger partial charge in [0.05, 0.1) is 30.1 Å². The zero-order chi connectivity index (χ0) is 23.1. The summed E-state index contributed by atoms with van der Waals surface area (Å²) in [5.41, 5.74) is -0.994. The molecule has 2 aromatic carbocycles. The average molecular weight is 470 g/mol. The van der Waals surface area contributed by atoms with Crippen molar-refractivity contribution in [3.05, 3.63) is 55.6 Å². The summed E-state index contributed by atoms with van der Waals surface area (Å²) in [4.78, 5) is 28.3. The first kappa shape index (κ1) is 22.7. The van der Waals surface area contributed by atoms with E-state index in [1.165, 1.54) is 12.1 Å². The van der Waals surface area contributed by atoms with Gasteiger partial charge in [0.1, 0.15) is 16.3 Å². The Hall–Kier alpha value is -2.93. The Bertz CT molecular complexity index is 1310. The van der Waals surface area contributed by atoms with E-state index in [4.69, 9.17) is 16.4 Å². The van der Waals surface area contributed by atoms with E-state index in [9.17, 15) is 23.1 Å². The Morgan fingerprint density at radius 2 is 1.90 bits per heavy atom. The van der Waals surface area contributed by atoms with Crippen LogP contribution in [0.3, 0.4) is 0 Å². The molecular weight excluding hydrogens is 450 g/mol. The van der Waals surface area contributed by atoms with Crippen LogP contribution in [0.25, 0.3) is 0 Å². The minimum absolute atomic E-state index is 0.00844. The van der Waals surface area contributed by atoms with Crippen molar-refractivity contribution in [1.82, 2.24) is 14.2 Å². The van der Waals surface area contributed by atoms with Gasteiger partial charge >= 0.3 is 0 Å². The maximum atomic E-state index is 12.6. The van der Waals surface area contributed by atoms with Gasteiger partial charge in [-0.3, -0.25) is 19.1 Å². The summed E-state index contributed by atoms with van der Waals surface area (Å²) in [6.45, 7) is 1.78. The van der Waals surface area contributed by atoms with Crippen molar-refractivity contribution in [2.75, 3.05) is 24.8 Å². The van der Waals surface area contributed by atoms with Crippen molar-refractivity contribution in [1.29, 1.82) is 0 Å². The first-order valence-electron chi connectivity index (χ1n) is 8.89. The SMILES string of the molecule is CON(C)S(=O)(=O)c1c(Cl)ccc(Nc2c(N[C@@H](C)c3cnn(C)c3)c(=O)c2=O)c1O. The van der Waals surface area contributed by atoms with Gasteiger partial charge in [-0.05, 0) is 19.1 Å². The molecule has 0 fully saturated rings. The molecule has 0 spiro atoms. The number of aryl methyl sites for hydroxylation is 1. The Morgan fingerprint density at radius 1 is 1.26 bits per heavy atom. The highest BCUT2D eigenvalue weighted by molar-refractivity contribution is 7.89. The van der Waals surface area contributed by atoms with Crippen molar-refractivity contribution in [2.45, 2.75) is 17.9 Å². The van der Waals surface area contributed by atoms with Gasteiger partial charge in [-0.25, -0.2) is 8.42 Å². The average Bonchev–Trinajstić information content (AvgIpc) is 3.17. The van der Waals surface area contributed by atoms with Crippen LogP contribution in [0.4, 0.5) is 17.1 Å². The van der Waals surface area contributed by atoms with E-state index in [0.29, 0.717) is 4.47 Å². The first-order valence-corrected chi connectivity index (χ1v) is 10.7. The third-order valence-electron chi connectivity index (χ3n) is 4.69. The van der Waals surface area contributed by atoms with Gasteiger partial charge in [-0.1, -0.05) is 16.1 Å². The molecule has 11 nitrogen and oxygen atoms in total. The van der Waals surface area contributed by atoms with Crippen LogP contribution in [0.1, 0.15) is 18.5 Å². The van der Waals surface area contributed by atoms with Crippen molar-refractivity contribution in [3.63, 3.8) is 0 Å². The molecule has 3 aromatic rings. The van der Waals surface area contributed by atoms with E-state index in [-0.39, 0.29) is 28.1 Å². The largest absolute Gasteiger partial charge is 0.504 e. The second-order valence-electron chi connectivity index (χ2n) is 6.72. The molecular formula is C18H20ClN5O6S. The Kier molecular flexibility index (Phi) is 6.09. The van der Waals surface area contributed by atoms with Crippen LogP contribution in [-0.4, -0.2) is 41.9 Å². The molecule has 0 radical (unpaired) electrons. The molecule has 0 aliphatic carbocycles. The van der Waals surface area contributed by atoms with Crippen LogP contribution < -0.4 is 21.5 Å². The van der Waals surface area contributed by atoms with Gasteiger partial charge in [0, 0.05) is 25.9 Å². The number of benzene rings is 1. The molecule has 13 heteroatoms. The van der Waals surface area contributed by atoms with Gasteiger partial charge in [0.25, 0.3) is 20.9 Å². The molecule has 3 N–H and O–H groups in total. The maximum Gasteiger partial charge on any atom is 0.269 e. The lowest BCUT2D eigenvalue weighted by atomic mass is 10.1. The van der Waals surface area contributed by atoms with Crippen LogP contribution in [0, 0.1) is 0 Å². The summed E-state index contributed by atoms with van der Waals surface area (Å²) < 4.78 is 27.3. The Labute approximate surface area is 182 Å². The number of phenols is 1. The summed E-state index contributed by atoms with van der Waals surface area (Å²) >= 11 is 5.99. The predicted molar refractivity (Wildman–Crippen MR) is 115 cm³/mol. The highest BCUT2D eigenvalue weighted by atomic mass is 35.5. The number of aromatic nitrogens is 2. The lowest BCUT2D eigenvalue weighted by molar-refractivity contribution is -0.0259. The number of nitrogens with zero attached hydrogens (tertiary/aromatic N) is 3. The lowest BCUT2D eigenvalue weighted by Gasteiger charge is -2.21. The predicted octanol–water partition coefficient (Wildman–Crippen LogP) is 1.47. The number of nitrogens with one attached hydrogen (secondary N) is 2. The number of aromatic hydroxyl groups is 1. The minimum atomic E-state index is -4.29. The lowest BCUT2D eigenvalue weighted by Crippen LogP contribution is -2.37. The van der Waals surface area contributed by atoms with E-state index in [1.54, 1.807) is 31.0 Å². The first-order chi connectivity index (χ1) is 14.5. The molecule has 0 bridgehead atoms. The fourth-order valence-corrected chi connectivity index (χ4v) is 4.43. The number of phenolic OH excluding ortho intramolecular Hbond substituents is 1. The fraction of sp³-hybridized carbons (Fsp3) is 0.278. The maximum absolute atomic E-state index is 12.6. The number of halogens is 1. The molecule has 0 aliphatic rings. The standard InChI is InChI=1S/C18H20ClN5O6S/c1-9(10-7-20-23(2)8-10)21-13-14(17(27)16(13)26)22-12-6-5-11(19)18(15(12)25)31(28,29)24(3)30-4/h5-9,21-22,25H,1-4H3/t9-/m0/s1. The zero-order valence-corrected chi connectivity index (χ0v) is 18.6. The molecule has 1 atom stereocenters. The molecule has 31 heavy (non-hydrogen) atoms. The third-order valence-corrected chi connectivity index (χ3v) is 6.87. The van der Waals surface area contributed by atoms with E-state index in [2.05, 4.69) is 15.7 Å². The molecule has 166 valence electrons. The molecule has 3 rings (SSSR count). The number of sulfonamides is 1. The molecule has 0 saturated heterocycles. The molecule has 0 amide bonds. The van der Waals surface area contributed by atoms with Gasteiger partial charge in [0.2, 0.25) is 0 Å². The number of hydrogen-bond acceptors (Lipinski definition) is 9. The van der Waals surface area contributed by atoms with Crippen molar-refractivity contribution < 1.29 is 18.4 Å². The van der Waals surface area contributed by atoms with Crippen molar-refractivity contribution in [3.8, 4) is 5.75 Å². The van der Waals surface area contributed by atoms with Gasteiger partial charge in [0.15, 0.2) is 5.75 Å². The van der Waals surface area contributed by atoms with Crippen molar-refractivity contribution in [2.24, 2.45) is 7.05 Å². The monoisotopic (exact) mass is 469 g/mol. The van der Waals surface area contributed by atoms with Crippen LogP contribution in [0.5, 0.6) is 5.75 Å². The summed E-state index contributed by atoms with van der Waals surface area (Å²) in [6, 6.07) is 2.17. The van der Waals surface area contributed by atoms with Crippen LogP contribution >= 0.6 is 11.6 Å². The number of anilines is 3. The smallest absolute Gasteiger partial charge is 0.269 e. The molecule has 0 saturated carbocycles. The zero-order valence-electron chi connectivity index (χ0n) is 17.0. The molecule has 1 heterocycles. The highest BCUT2D eigenvalue weighted by Crippen LogP contribution is 2.40. The van der Waals surface area contributed by atoms with E-state index >= 15 is 0 Å². The number of hydrogen-bond donors (Lipinski definition) is 3. The van der Waals surface area contributed by atoms with E-state index < -0.39 is 31.5 Å². The second-order valence-corrected chi connectivity index (χ2v) is 9.00. The highest BCUT2D eigenvalue weighted by Gasteiger charge is 2.31. The van der Waals surface area contributed by atoms with E-state index in [1.807, 2.05) is 0 Å². The number of rotatable bonds is 8. The van der Waals surface area contributed by atoms with Gasteiger partial charge in [-0.15, -0.1) is 0 Å². The topological polar surface area (TPSA) is 143 Å².